The highest BCUT2D eigenvalue weighted by atomic mass is 16.5. The largest absolute Gasteiger partial charge is 0.466 e. The summed E-state index contributed by atoms with van der Waals surface area (Å²) < 4.78 is 6.50. The first-order valence-electron chi connectivity index (χ1n) is 9.65. The number of carbonyl (C=O) groups excluding carboxylic acids is 1. The quantitative estimate of drug-likeness (QED) is 0.455. The molecule has 0 radical (unpaired) electrons. The maximum Gasteiger partial charge on any atom is 0.328 e. The first kappa shape index (κ1) is 21.3. The lowest BCUT2D eigenvalue weighted by molar-refractivity contribution is -0.142. The smallest absolute Gasteiger partial charge is 0.328 e. The lowest BCUT2D eigenvalue weighted by atomic mass is 10.0. The first-order valence-corrected chi connectivity index (χ1v) is 9.65. The molecule has 3 aromatic rings. The Balaban J connectivity index is 1.99. The molecule has 0 fully saturated rings. The van der Waals surface area contributed by atoms with Crippen molar-refractivity contribution in [3.05, 3.63) is 45.4 Å². The zero-order valence-corrected chi connectivity index (χ0v) is 17.3. The van der Waals surface area contributed by atoms with Crippen molar-refractivity contribution in [3.63, 3.8) is 0 Å². The minimum absolute atomic E-state index is 0.0652. The number of aliphatic hydroxyl groups is 1. The minimum Gasteiger partial charge on any atom is -0.466 e. The zero-order chi connectivity index (χ0) is 21.8. The summed E-state index contributed by atoms with van der Waals surface area (Å²) in [6.07, 6.45) is 0.163. The highest BCUT2D eigenvalue weighted by molar-refractivity contribution is 5.83. The summed E-state index contributed by atoms with van der Waals surface area (Å²) >= 11 is 0. The van der Waals surface area contributed by atoms with Crippen LogP contribution >= 0.6 is 0 Å². The number of hydrogen-bond acceptors (Lipinski definition) is 8. The van der Waals surface area contributed by atoms with Gasteiger partial charge in [0.1, 0.15) is 5.52 Å². The summed E-state index contributed by atoms with van der Waals surface area (Å²) in [4.78, 5) is 37.5. The number of esters is 1. The number of imidazole rings is 1. The van der Waals surface area contributed by atoms with Gasteiger partial charge in [0, 0.05) is 13.6 Å². The molecule has 0 aliphatic rings. The third-order valence-corrected chi connectivity index (χ3v) is 4.61. The predicted molar refractivity (Wildman–Crippen MR) is 114 cm³/mol. The zero-order valence-electron chi connectivity index (χ0n) is 17.3. The second-order valence-corrected chi connectivity index (χ2v) is 7.08. The van der Waals surface area contributed by atoms with Crippen molar-refractivity contribution in [2.45, 2.75) is 26.8 Å². The summed E-state index contributed by atoms with van der Waals surface area (Å²) in [7, 11) is 1.73. The molecule has 10 nitrogen and oxygen atoms in total. The van der Waals surface area contributed by atoms with Crippen LogP contribution in [0.15, 0.2) is 23.0 Å². The van der Waals surface area contributed by atoms with E-state index in [4.69, 9.17) is 15.6 Å². The summed E-state index contributed by atoms with van der Waals surface area (Å²) in [5.41, 5.74) is 9.03. The molecule has 30 heavy (non-hydrogen) atoms. The van der Waals surface area contributed by atoms with E-state index in [-0.39, 0.29) is 37.0 Å². The molecule has 0 saturated carbocycles. The Morgan fingerprint density at radius 3 is 2.73 bits per heavy atom. The number of aromatic amines is 1. The standard InChI is InChI=1S/C20H26N6O4/c1-4-30-15(28)10-13-7-12(2)8-14(9-13)11-26-18-16(22-20(26)29)17(21)23-19(24-18)25(3)5-6-27/h7-9,27H,4-6,10-11H2,1-3H3,(H,22,29)(H2,21,23,24). The van der Waals surface area contributed by atoms with Crippen LogP contribution in [0.4, 0.5) is 11.8 Å². The van der Waals surface area contributed by atoms with Crippen molar-refractivity contribution in [3.8, 4) is 0 Å². The number of nitrogen functional groups attached to an aromatic ring is 1. The normalized spacial score (nSPS) is 11.1. The van der Waals surface area contributed by atoms with Gasteiger partial charge in [-0.15, -0.1) is 0 Å². The van der Waals surface area contributed by atoms with Gasteiger partial charge in [0.25, 0.3) is 0 Å². The SMILES string of the molecule is CCOC(=O)Cc1cc(C)cc(Cn2c(=O)[nH]c3c(N)nc(N(C)CCO)nc32)c1. The molecule has 0 saturated heterocycles. The van der Waals surface area contributed by atoms with Crippen LogP contribution in [0.1, 0.15) is 23.6 Å². The number of H-pyrrole nitrogens is 1. The maximum atomic E-state index is 12.6. The third-order valence-electron chi connectivity index (χ3n) is 4.61. The molecule has 0 aliphatic carbocycles. The van der Waals surface area contributed by atoms with E-state index in [1.165, 1.54) is 4.57 Å². The van der Waals surface area contributed by atoms with Crippen LogP contribution in [0, 0.1) is 6.92 Å². The number of fused-ring (bicyclic) bond motifs is 1. The van der Waals surface area contributed by atoms with Crippen molar-refractivity contribution in [2.75, 3.05) is 37.4 Å². The minimum atomic E-state index is -0.360. The molecule has 160 valence electrons. The highest BCUT2D eigenvalue weighted by Crippen LogP contribution is 2.20. The number of nitrogens with one attached hydrogen (secondary N) is 1. The molecule has 2 heterocycles. The average molecular weight is 414 g/mol. The molecule has 3 rings (SSSR count). The molecule has 0 bridgehead atoms. The van der Waals surface area contributed by atoms with Crippen LogP contribution in [0.5, 0.6) is 0 Å². The third kappa shape index (κ3) is 4.60. The number of nitrogens with two attached hydrogens (primary N) is 1. The van der Waals surface area contributed by atoms with E-state index >= 15 is 0 Å². The van der Waals surface area contributed by atoms with Crippen molar-refractivity contribution in [1.29, 1.82) is 0 Å². The number of aromatic nitrogens is 4. The molecule has 1 aromatic carbocycles. The molecular formula is C20H26N6O4. The predicted octanol–water partition coefficient (Wildman–Crippen LogP) is 0.593. The van der Waals surface area contributed by atoms with Gasteiger partial charge in [-0.05, 0) is 25.0 Å². The van der Waals surface area contributed by atoms with Crippen LogP contribution in [0.2, 0.25) is 0 Å². The van der Waals surface area contributed by atoms with Crippen LogP contribution in [0.3, 0.4) is 0 Å². The Labute approximate surface area is 173 Å². The van der Waals surface area contributed by atoms with Crippen LogP contribution < -0.4 is 16.3 Å². The van der Waals surface area contributed by atoms with Gasteiger partial charge in [-0.25, -0.2) is 4.79 Å². The van der Waals surface area contributed by atoms with E-state index < -0.39 is 0 Å². The van der Waals surface area contributed by atoms with E-state index in [9.17, 15) is 9.59 Å². The summed E-state index contributed by atoms with van der Waals surface area (Å²) in [5, 5.41) is 9.16. The van der Waals surface area contributed by atoms with Crippen molar-refractivity contribution < 1.29 is 14.6 Å². The van der Waals surface area contributed by atoms with Crippen LogP contribution in [0.25, 0.3) is 11.2 Å². The molecular weight excluding hydrogens is 388 g/mol. The molecule has 4 N–H and O–H groups in total. The second kappa shape index (κ2) is 8.95. The Morgan fingerprint density at radius 1 is 1.30 bits per heavy atom. The van der Waals surface area contributed by atoms with E-state index in [0.29, 0.717) is 30.3 Å². The highest BCUT2D eigenvalue weighted by Gasteiger charge is 2.16. The van der Waals surface area contributed by atoms with Gasteiger partial charge in [0.05, 0.1) is 26.2 Å². The molecule has 10 heteroatoms. The van der Waals surface area contributed by atoms with Gasteiger partial charge in [-0.2, -0.15) is 9.97 Å². The fraction of sp³-hybridized carbons (Fsp3) is 0.400. The van der Waals surface area contributed by atoms with E-state index in [0.717, 1.165) is 16.7 Å². The van der Waals surface area contributed by atoms with Crippen molar-refractivity contribution in [1.82, 2.24) is 19.5 Å². The molecule has 0 spiro atoms. The number of nitrogens with zero attached hydrogens (tertiary/aromatic N) is 4. The van der Waals surface area contributed by atoms with E-state index in [2.05, 4.69) is 15.0 Å². The Bertz CT molecular complexity index is 1120. The second-order valence-electron chi connectivity index (χ2n) is 7.08. The number of benzene rings is 1. The van der Waals surface area contributed by atoms with Crippen molar-refractivity contribution >= 4 is 28.9 Å². The summed E-state index contributed by atoms with van der Waals surface area (Å²) in [6, 6.07) is 5.74. The molecule has 0 amide bonds. The van der Waals surface area contributed by atoms with E-state index in [1.807, 2.05) is 25.1 Å². The average Bonchev–Trinajstić information content (AvgIpc) is 2.98. The van der Waals surface area contributed by atoms with Gasteiger partial charge in [-0.3, -0.25) is 9.36 Å². The van der Waals surface area contributed by atoms with Gasteiger partial charge in [0.2, 0.25) is 5.95 Å². The van der Waals surface area contributed by atoms with Crippen molar-refractivity contribution in [2.24, 2.45) is 0 Å². The molecule has 0 unspecified atom stereocenters. The Kier molecular flexibility index (Phi) is 6.36. The van der Waals surface area contributed by atoms with Gasteiger partial charge >= 0.3 is 11.7 Å². The van der Waals surface area contributed by atoms with E-state index in [1.54, 1.807) is 18.9 Å². The Hall–Kier alpha value is -3.40. The molecule has 0 aliphatic heterocycles. The van der Waals surface area contributed by atoms with Gasteiger partial charge < -0.3 is 25.5 Å². The molecule has 0 atom stereocenters. The first-order chi connectivity index (χ1) is 14.3. The summed E-state index contributed by atoms with van der Waals surface area (Å²) in [5.74, 6) is 0.173. The topological polar surface area (TPSA) is 139 Å². The van der Waals surface area contributed by atoms with Crippen LogP contribution in [-0.4, -0.2) is 57.4 Å². The van der Waals surface area contributed by atoms with Crippen LogP contribution in [-0.2, 0) is 22.5 Å². The van der Waals surface area contributed by atoms with Gasteiger partial charge in [0.15, 0.2) is 11.5 Å². The lowest BCUT2D eigenvalue weighted by Gasteiger charge is -2.16. The number of aliphatic hydroxyl groups excluding tert-OH is 1. The fourth-order valence-electron chi connectivity index (χ4n) is 3.31. The lowest BCUT2D eigenvalue weighted by Crippen LogP contribution is -2.24. The number of ether oxygens (including phenoxy) is 1. The number of aryl methyl sites for hydroxylation is 1. The molecule has 2 aromatic heterocycles. The number of anilines is 2. The Morgan fingerprint density at radius 2 is 2.03 bits per heavy atom. The van der Waals surface area contributed by atoms with Gasteiger partial charge in [-0.1, -0.05) is 23.8 Å². The number of likely N-dealkylation sites (N-methyl/N-ethyl adjacent to an activating group) is 1. The fourth-order valence-corrected chi connectivity index (χ4v) is 3.31. The number of hydrogen-bond donors (Lipinski definition) is 3. The number of carbonyl (C=O) groups is 1. The number of rotatable bonds is 8. The summed E-state index contributed by atoms with van der Waals surface area (Å²) in [6.45, 7) is 4.53. The maximum absolute atomic E-state index is 12.6. The monoisotopic (exact) mass is 414 g/mol.